The average Bonchev–Trinajstić information content (AvgIpc) is 3.21. The van der Waals surface area contributed by atoms with E-state index in [0.717, 1.165) is 30.2 Å². The second-order valence-corrected chi connectivity index (χ2v) is 11.4. The van der Waals surface area contributed by atoms with Crippen LogP contribution in [0.15, 0.2) is 47.4 Å². The predicted octanol–water partition coefficient (Wildman–Crippen LogP) is 3.64. The van der Waals surface area contributed by atoms with Gasteiger partial charge in [-0.1, -0.05) is 31.2 Å². The van der Waals surface area contributed by atoms with Crippen LogP contribution >= 0.6 is 0 Å². The molecule has 1 aliphatic heterocycles. The maximum Gasteiger partial charge on any atom is 0.256 e. The Labute approximate surface area is 199 Å². The Morgan fingerprint density at radius 1 is 1.03 bits per heavy atom. The van der Waals surface area contributed by atoms with Gasteiger partial charge < -0.3 is 9.88 Å². The topological polar surface area (TPSA) is 90.6 Å². The third-order valence-corrected chi connectivity index (χ3v) is 9.00. The quantitative estimate of drug-likeness (QED) is 0.579. The van der Waals surface area contributed by atoms with E-state index in [0.29, 0.717) is 30.1 Å². The molecule has 1 N–H and O–H groups in total. The van der Waals surface area contributed by atoms with Crippen molar-refractivity contribution in [1.82, 2.24) is 14.2 Å². The number of rotatable bonds is 4. The molecule has 178 valence electrons. The molecular weight excluding hydrogens is 450 g/mol. The number of nitrogens with one attached hydrogen (secondary N) is 1. The van der Waals surface area contributed by atoms with E-state index in [9.17, 15) is 18.0 Å². The van der Waals surface area contributed by atoms with E-state index in [1.807, 2.05) is 12.1 Å². The maximum atomic E-state index is 13.4. The van der Waals surface area contributed by atoms with Crippen molar-refractivity contribution < 1.29 is 18.0 Å². The summed E-state index contributed by atoms with van der Waals surface area (Å²) < 4.78 is 27.7. The summed E-state index contributed by atoms with van der Waals surface area (Å²) in [4.78, 5) is 30.5. The fourth-order valence-corrected chi connectivity index (χ4v) is 6.59. The highest BCUT2D eigenvalue weighted by atomic mass is 32.2. The number of benzene rings is 2. The summed E-state index contributed by atoms with van der Waals surface area (Å²) in [5.74, 6) is 0.381. The zero-order valence-corrected chi connectivity index (χ0v) is 20.3. The van der Waals surface area contributed by atoms with Gasteiger partial charge in [0.25, 0.3) is 5.91 Å². The molecule has 2 heterocycles. The van der Waals surface area contributed by atoms with Gasteiger partial charge in [0.05, 0.1) is 16.0 Å². The van der Waals surface area contributed by atoms with Crippen LogP contribution in [0.4, 0.5) is 0 Å². The molecule has 0 bridgehead atoms. The fourth-order valence-electron chi connectivity index (χ4n) is 5.12. The lowest BCUT2D eigenvalue weighted by Gasteiger charge is -2.34. The molecule has 1 atom stereocenters. The molecule has 0 saturated carbocycles. The molecule has 2 aromatic carbocycles. The Hall–Kier alpha value is -2.97. The van der Waals surface area contributed by atoms with E-state index >= 15 is 0 Å². The molecule has 3 aromatic rings. The molecule has 7 nitrogen and oxygen atoms in total. The average molecular weight is 480 g/mol. The van der Waals surface area contributed by atoms with Gasteiger partial charge >= 0.3 is 0 Å². The lowest BCUT2D eigenvalue weighted by molar-refractivity contribution is 0.0699. The van der Waals surface area contributed by atoms with E-state index in [1.54, 1.807) is 17.0 Å². The molecule has 1 aliphatic carbocycles. The Morgan fingerprint density at radius 3 is 2.50 bits per heavy atom. The van der Waals surface area contributed by atoms with Crippen LogP contribution in [0.1, 0.15) is 52.2 Å². The van der Waals surface area contributed by atoms with Crippen LogP contribution in [0.3, 0.4) is 0 Å². The van der Waals surface area contributed by atoms with Crippen LogP contribution in [-0.4, -0.2) is 60.5 Å². The summed E-state index contributed by atoms with van der Waals surface area (Å²) in [5, 5.41) is 1.12. The minimum Gasteiger partial charge on any atom is -0.358 e. The summed E-state index contributed by atoms with van der Waals surface area (Å²) in [5.41, 5.74) is 4.46. The number of carbonyl (C=O) groups is 2. The molecule has 2 aliphatic rings. The molecule has 0 radical (unpaired) electrons. The maximum absolute atomic E-state index is 13.4. The number of fused-ring (bicyclic) bond motifs is 3. The van der Waals surface area contributed by atoms with Gasteiger partial charge in [-0.25, -0.2) is 8.42 Å². The molecule has 0 spiro atoms. The number of H-pyrrole nitrogens is 1. The minimum atomic E-state index is -3.74. The highest BCUT2D eigenvalue weighted by Gasteiger charge is 2.32. The van der Waals surface area contributed by atoms with Crippen molar-refractivity contribution in [1.29, 1.82) is 0 Å². The Balaban J connectivity index is 1.34. The van der Waals surface area contributed by atoms with E-state index in [-0.39, 0.29) is 29.7 Å². The van der Waals surface area contributed by atoms with Crippen LogP contribution in [0.25, 0.3) is 10.9 Å². The van der Waals surface area contributed by atoms with Crippen molar-refractivity contribution in [3.05, 3.63) is 64.8 Å². The number of aromatic amines is 1. The van der Waals surface area contributed by atoms with E-state index in [4.69, 9.17) is 0 Å². The van der Waals surface area contributed by atoms with Crippen molar-refractivity contribution in [2.75, 3.05) is 26.2 Å². The van der Waals surface area contributed by atoms with Gasteiger partial charge in [-0.05, 0) is 55.9 Å². The highest BCUT2D eigenvalue weighted by Crippen LogP contribution is 2.33. The zero-order chi connectivity index (χ0) is 24.0. The number of hydrogen-bond donors (Lipinski definition) is 1. The SMILES string of the molecule is CC(=O)c1cccc(S(=O)(=O)N2CCN(C(=O)c3cccc4c5c([nH]c34)CCC(C)C5)CC2)c1. The number of aryl methyl sites for hydroxylation is 1. The van der Waals surface area contributed by atoms with Crippen LogP contribution < -0.4 is 0 Å². The summed E-state index contributed by atoms with van der Waals surface area (Å²) in [7, 11) is -3.74. The van der Waals surface area contributed by atoms with Crippen molar-refractivity contribution in [3.8, 4) is 0 Å². The second kappa shape index (κ2) is 8.67. The lowest BCUT2D eigenvalue weighted by Crippen LogP contribution is -2.50. The molecule has 5 rings (SSSR count). The van der Waals surface area contributed by atoms with Crippen LogP contribution in [0, 0.1) is 5.92 Å². The third kappa shape index (κ3) is 3.95. The lowest BCUT2D eigenvalue weighted by atomic mass is 9.87. The number of piperazine rings is 1. The summed E-state index contributed by atoms with van der Waals surface area (Å²) in [6.45, 7) is 4.75. The van der Waals surface area contributed by atoms with Gasteiger partial charge in [0.2, 0.25) is 10.0 Å². The summed E-state index contributed by atoms with van der Waals surface area (Å²) in [6.07, 6.45) is 3.17. The zero-order valence-electron chi connectivity index (χ0n) is 19.5. The van der Waals surface area contributed by atoms with Crippen molar-refractivity contribution >= 4 is 32.6 Å². The number of ketones is 1. The molecule has 8 heteroatoms. The van der Waals surface area contributed by atoms with Gasteiger partial charge in [-0.3, -0.25) is 9.59 Å². The van der Waals surface area contributed by atoms with Crippen LogP contribution in [0.5, 0.6) is 0 Å². The minimum absolute atomic E-state index is 0.0760. The fraction of sp³-hybridized carbons (Fsp3) is 0.385. The Morgan fingerprint density at radius 2 is 1.76 bits per heavy atom. The Kier molecular flexibility index (Phi) is 5.81. The molecule has 1 unspecified atom stereocenters. The standard InChI is InChI=1S/C26H29N3O4S/c1-17-9-10-24-23(15-17)21-7-4-8-22(25(21)27-24)26(31)28-11-13-29(14-12-28)34(32,33)20-6-3-5-19(16-20)18(2)30/h3-8,16-17,27H,9-15H2,1-2H3. The number of Topliss-reactive ketones (excluding diaryl/α,β-unsaturated/α-hetero) is 1. The van der Waals surface area contributed by atoms with Gasteiger partial charge in [-0.15, -0.1) is 0 Å². The number of hydrogen-bond acceptors (Lipinski definition) is 4. The van der Waals surface area contributed by atoms with E-state index < -0.39 is 10.0 Å². The first-order chi connectivity index (χ1) is 16.3. The Bertz CT molecular complexity index is 1380. The summed E-state index contributed by atoms with van der Waals surface area (Å²) in [6, 6.07) is 12.0. The first-order valence-corrected chi connectivity index (χ1v) is 13.2. The van der Waals surface area contributed by atoms with Gasteiger partial charge in [-0.2, -0.15) is 4.31 Å². The largest absolute Gasteiger partial charge is 0.358 e. The number of para-hydroxylation sites is 1. The van der Waals surface area contributed by atoms with E-state index in [2.05, 4.69) is 18.0 Å². The molecule has 1 aromatic heterocycles. The van der Waals surface area contributed by atoms with Crippen LogP contribution in [0.2, 0.25) is 0 Å². The third-order valence-electron chi connectivity index (χ3n) is 7.10. The van der Waals surface area contributed by atoms with Gasteiger partial charge in [0.1, 0.15) is 0 Å². The van der Waals surface area contributed by atoms with Crippen molar-refractivity contribution in [3.63, 3.8) is 0 Å². The van der Waals surface area contributed by atoms with Gasteiger partial charge in [0.15, 0.2) is 5.78 Å². The number of nitrogens with zero attached hydrogens (tertiary/aromatic N) is 2. The summed E-state index contributed by atoms with van der Waals surface area (Å²) >= 11 is 0. The number of carbonyl (C=O) groups excluding carboxylic acids is 2. The molecule has 34 heavy (non-hydrogen) atoms. The number of aromatic nitrogens is 1. The number of amides is 1. The monoisotopic (exact) mass is 479 g/mol. The second-order valence-electron chi connectivity index (χ2n) is 9.44. The van der Waals surface area contributed by atoms with Crippen molar-refractivity contribution in [2.24, 2.45) is 5.92 Å². The van der Waals surface area contributed by atoms with E-state index in [1.165, 1.54) is 34.6 Å². The molecule has 1 saturated heterocycles. The van der Waals surface area contributed by atoms with Gasteiger partial charge in [0, 0.05) is 42.8 Å². The number of sulfonamides is 1. The predicted molar refractivity (Wildman–Crippen MR) is 131 cm³/mol. The first-order valence-electron chi connectivity index (χ1n) is 11.8. The molecular formula is C26H29N3O4S. The van der Waals surface area contributed by atoms with Crippen molar-refractivity contribution in [2.45, 2.75) is 38.0 Å². The highest BCUT2D eigenvalue weighted by molar-refractivity contribution is 7.89. The smallest absolute Gasteiger partial charge is 0.256 e. The normalized spacial score (nSPS) is 19.2. The van der Waals surface area contributed by atoms with Crippen LogP contribution in [-0.2, 0) is 22.9 Å². The molecule has 1 amide bonds. The first kappa shape index (κ1) is 22.8. The molecule has 1 fully saturated rings.